The smallest absolute Gasteiger partial charge is 0.348 e. The number of nitrogens with zero attached hydrogens (tertiary/aromatic N) is 3. The third-order valence-electron chi connectivity index (χ3n) is 4.27. The van der Waals surface area contributed by atoms with Crippen LogP contribution >= 0.6 is 11.3 Å². The minimum atomic E-state index is -0.503. The first-order valence-corrected chi connectivity index (χ1v) is 10.2. The Bertz CT molecular complexity index is 884. The topological polar surface area (TPSA) is 90.7 Å². The zero-order valence-corrected chi connectivity index (χ0v) is 17.6. The zero-order chi connectivity index (χ0) is 20.7. The highest BCUT2D eigenvalue weighted by Gasteiger charge is 2.21. The van der Waals surface area contributed by atoms with Gasteiger partial charge in [-0.05, 0) is 25.3 Å². The second-order valence-electron chi connectivity index (χ2n) is 6.42. The Morgan fingerprint density at radius 1 is 1.21 bits per heavy atom. The van der Waals surface area contributed by atoms with Gasteiger partial charge >= 0.3 is 5.97 Å². The molecule has 0 aliphatic heterocycles. The van der Waals surface area contributed by atoms with E-state index in [2.05, 4.69) is 4.98 Å². The normalized spacial score (nSPS) is 11.0. The molecule has 0 saturated carbocycles. The van der Waals surface area contributed by atoms with E-state index in [1.54, 1.807) is 11.8 Å². The van der Waals surface area contributed by atoms with E-state index in [1.165, 1.54) is 18.0 Å². The molecule has 2 rings (SSSR count). The summed E-state index contributed by atoms with van der Waals surface area (Å²) in [5.41, 5.74) is 0.205. The van der Waals surface area contributed by atoms with Gasteiger partial charge in [-0.25, -0.2) is 9.78 Å². The van der Waals surface area contributed by atoms with Gasteiger partial charge in [-0.15, -0.1) is 11.3 Å². The molecule has 2 aromatic rings. The fraction of sp³-hybridized carbons (Fsp3) is 0.579. The Kier molecular flexibility index (Phi) is 8.13. The number of rotatable bonds is 10. The number of carbonyl (C=O) groups excluding carboxylic acids is 2. The van der Waals surface area contributed by atoms with Crippen molar-refractivity contribution in [1.82, 2.24) is 14.5 Å². The van der Waals surface area contributed by atoms with Crippen LogP contribution in [0.5, 0.6) is 0 Å². The summed E-state index contributed by atoms with van der Waals surface area (Å²) in [6.07, 6.45) is 3.08. The molecule has 0 spiro atoms. The van der Waals surface area contributed by atoms with Crippen molar-refractivity contribution < 1.29 is 19.1 Å². The first kappa shape index (κ1) is 22.0. The van der Waals surface area contributed by atoms with Crippen LogP contribution < -0.4 is 5.56 Å². The lowest BCUT2D eigenvalue weighted by Gasteiger charge is -2.21. The summed E-state index contributed by atoms with van der Waals surface area (Å²) in [6, 6.07) is 0. The van der Waals surface area contributed by atoms with Crippen molar-refractivity contribution in [3.8, 4) is 0 Å². The van der Waals surface area contributed by atoms with Gasteiger partial charge < -0.3 is 14.4 Å². The number of aromatic nitrogens is 2. The molecule has 28 heavy (non-hydrogen) atoms. The molecule has 0 atom stereocenters. The maximum atomic E-state index is 12.9. The van der Waals surface area contributed by atoms with Gasteiger partial charge in [0, 0.05) is 20.2 Å². The molecule has 154 valence electrons. The van der Waals surface area contributed by atoms with E-state index in [4.69, 9.17) is 9.47 Å². The van der Waals surface area contributed by atoms with E-state index < -0.39 is 5.97 Å². The molecular formula is C19H27N3O5S. The lowest BCUT2D eigenvalue weighted by Crippen LogP contribution is -2.37. The van der Waals surface area contributed by atoms with Crippen LogP contribution in [0.4, 0.5) is 0 Å². The summed E-state index contributed by atoms with van der Waals surface area (Å²) in [4.78, 5) is 44.6. The molecule has 0 fully saturated rings. The number of ether oxygens (including phenoxy) is 2. The van der Waals surface area contributed by atoms with E-state index in [-0.39, 0.29) is 24.6 Å². The minimum Gasteiger partial charge on any atom is -0.459 e. The number of fused-ring (bicyclic) bond motifs is 1. The van der Waals surface area contributed by atoms with Gasteiger partial charge in [0.15, 0.2) is 0 Å². The summed E-state index contributed by atoms with van der Waals surface area (Å²) in [5, 5.41) is 0.358. The molecule has 0 saturated heterocycles. The maximum absolute atomic E-state index is 12.9. The minimum absolute atomic E-state index is 0.0648. The summed E-state index contributed by atoms with van der Waals surface area (Å²) >= 11 is 1.12. The highest BCUT2D eigenvalue weighted by Crippen LogP contribution is 2.27. The van der Waals surface area contributed by atoms with Crippen LogP contribution in [0.2, 0.25) is 0 Å². The van der Waals surface area contributed by atoms with Crippen molar-refractivity contribution in [3.05, 3.63) is 27.1 Å². The lowest BCUT2D eigenvalue weighted by molar-refractivity contribution is -0.132. The Balaban J connectivity index is 2.29. The average Bonchev–Trinajstić information content (AvgIpc) is 3.01. The second-order valence-corrected chi connectivity index (χ2v) is 7.42. The Morgan fingerprint density at radius 3 is 2.50 bits per heavy atom. The third-order valence-corrected chi connectivity index (χ3v) is 5.45. The van der Waals surface area contributed by atoms with E-state index in [0.717, 1.165) is 24.2 Å². The zero-order valence-electron chi connectivity index (χ0n) is 16.8. The summed E-state index contributed by atoms with van der Waals surface area (Å²) in [5.74, 6) is -0.615. The molecule has 0 radical (unpaired) electrons. The number of esters is 1. The molecule has 9 heteroatoms. The van der Waals surface area contributed by atoms with Crippen molar-refractivity contribution in [3.63, 3.8) is 0 Å². The van der Waals surface area contributed by atoms with Crippen molar-refractivity contribution in [2.24, 2.45) is 0 Å². The molecule has 2 heterocycles. The summed E-state index contributed by atoms with van der Waals surface area (Å²) in [6.45, 7) is 7.41. The Hall–Kier alpha value is -2.26. The molecule has 0 unspecified atom stereocenters. The molecule has 2 aromatic heterocycles. The van der Waals surface area contributed by atoms with Crippen molar-refractivity contribution in [2.45, 2.75) is 40.2 Å². The molecule has 0 bridgehead atoms. The predicted octanol–water partition coefficient (Wildman–Crippen LogP) is 2.22. The number of thiophene rings is 1. The van der Waals surface area contributed by atoms with Gasteiger partial charge in [0.05, 0.1) is 18.3 Å². The molecule has 0 aliphatic carbocycles. The Labute approximate surface area is 168 Å². The third kappa shape index (κ3) is 4.96. The van der Waals surface area contributed by atoms with E-state index in [0.29, 0.717) is 40.4 Å². The fourth-order valence-corrected chi connectivity index (χ4v) is 3.93. The number of hydrogen-bond donors (Lipinski definition) is 0. The summed E-state index contributed by atoms with van der Waals surface area (Å²) in [7, 11) is 1.52. The first-order valence-electron chi connectivity index (χ1n) is 9.36. The first-order chi connectivity index (χ1) is 13.4. The van der Waals surface area contributed by atoms with Crippen LogP contribution in [-0.2, 0) is 20.8 Å². The van der Waals surface area contributed by atoms with Gasteiger partial charge in [0.1, 0.15) is 22.9 Å². The number of methoxy groups -OCH3 is 1. The SMILES string of the molecule is CCCN(CCC)C(=O)Cn1cnc2sc(C(=O)OCCOC)c(C)c2c1=O. The number of carbonyl (C=O) groups is 2. The van der Waals surface area contributed by atoms with Crippen molar-refractivity contribution in [1.29, 1.82) is 0 Å². The average molecular weight is 410 g/mol. The van der Waals surface area contributed by atoms with E-state index in [9.17, 15) is 14.4 Å². The number of hydrogen-bond acceptors (Lipinski definition) is 7. The fourth-order valence-electron chi connectivity index (χ4n) is 2.90. The van der Waals surface area contributed by atoms with Crippen LogP contribution in [0.15, 0.2) is 11.1 Å². The molecule has 1 amide bonds. The van der Waals surface area contributed by atoms with Gasteiger partial charge in [-0.3, -0.25) is 14.2 Å². The maximum Gasteiger partial charge on any atom is 0.348 e. The highest BCUT2D eigenvalue weighted by atomic mass is 32.1. The standard InChI is InChI=1S/C19H27N3O5S/c1-5-7-21(8-6-2)14(23)11-22-12-20-17-15(18(22)24)13(3)16(28-17)19(25)27-10-9-26-4/h12H,5-11H2,1-4H3. The van der Waals surface area contributed by atoms with Crippen molar-refractivity contribution in [2.75, 3.05) is 33.4 Å². The van der Waals surface area contributed by atoms with Crippen molar-refractivity contribution >= 4 is 33.4 Å². The molecule has 8 nitrogen and oxygen atoms in total. The molecule has 0 aliphatic rings. The van der Waals surface area contributed by atoms with Crippen LogP contribution in [-0.4, -0.2) is 59.7 Å². The van der Waals surface area contributed by atoms with Gasteiger partial charge in [-0.2, -0.15) is 0 Å². The molecule has 0 aromatic carbocycles. The monoisotopic (exact) mass is 409 g/mol. The van der Waals surface area contributed by atoms with Gasteiger partial charge in [0.2, 0.25) is 5.91 Å². The van der Waals surface area contributed by atoms with Crippen LogP contribution in [0.1, 0.15) is 41.9 Å². The van der Waals surface area contributed by atoms with E-state index in [1.807, 2.05) is 13.8 Å². The van der Waals surface area contributed by atoms with Crippen LogP contribution in [0.3, 0.4) is 0 Å². The van der Waals surface area contributed by atoms with Gasteiger partial charge in [-0.1, -0.05) is 13.8 Å². The van der Waals surface area contributed by atoms with Crippen LogP contribution in [0.25, 0.3) is 10.2 Å². The van der Waals surface area contributed by atoms with E-state index >= 15 is 0 Å². The quantitative estimate of drug-likeness (QED) is 0.441. The Morgan fingerprint density at radius 2 is 1.89 bits per heavy atom. The number of amides is 1. The van der Waals surface area contributed by atoms with Gasteiger partial charge in [0.25, 0.3) is 5.56 Å². The second kappa shape index (κ2) is 10.3. The highest BCUT2D eigenvalue weighted by molar-refractivity contribution is 7.20. The molecular weight excluding hydrogens is 382 g/mol. The lowest BCUT2D eigenvalue weighted by atomic mass is 10.2. The number of aryl methyl sites for hydroxylation is 1. The largest absolute Gasteiger partial charge is 0.459 e. The molecule has 0 N–H and O–H groups in total. The summed E-state index contributed by atoms with van der Waals surface area (Å²) < 4.78 is 11.3. The predicted molar refractivity (Wildman–Crippen MR) is 108 cm³/mol. The van der Waals surface area contributed by atoms with Crippen LogP contribution in [0, 0.1) is 6.92 Å².